The van der Waals surface area contributed by atoms with E-state index in [1.807, 2.05) is 20.8 Å². The van der Waals surface area contributed by atoms with E-state index in [1.165, 1.54) is 0 Å². The van der Waals surface area contributed by atoms with E-state index < -0.39 is 11.5 Å². The smallest absolute Gasteiger partial charge is 0.167 e. The van der Waals surface area contributed by atoms with E-state index in [4.69, 9.17) is 0 Å². The summed E-state index contributed by atoms with van der Waals surface area (Å²) in [7, 11) is 0. The molecule has 0 saturated carbocycles. The Labute approximate surface area is 91.6 Å². The third-order valence-electron chi connectivity index (χ3n) is 2.68. The van der Waals surface area contributed by atoms with Crippen molar-refractivity contribution in [2.75, 3.05) is 32.7 Å². The molecule has 1 heterocycles. The fourth-order valence-electron chi connectivity index (χ4n) is 1.72. The van der Waals surface area contributed by atoms with Crippen LogP contribution >= 0.6 is 0 Å². The number of hydrogen-bond donors (Lipinski definition) is 2. The van der Waals surface area contributed by atoms with Crippen LogP contribution < -0.4 is 5.32 Å². The van der Waals surface area contributed by atoms with Crippen LogP contribution in [0.2, 0.25) is 0 Å². The van der Waals surface area contributed by atoms with Gasteiger partial charge in [-0.25, -0.2) is 0 Å². The van der Waals surface area contributed by atoms with Crippen LogP contribution in [0, 0.1) is 5.41 Å². The van der Waals surface area contributed by atoms with Crippen molar-refractivity contribution >= 4 is 5.78 Å². The molecule has 2 N–H and O–H groups in total. The minimum absolute atomic E-state index is 0.0685. The average Bonchev–Trinajstić information content (AvgIpc) is 2.16. The number of piperazine rings is 1. The van der Waals surface area contributed by atoms with Gasteiger partial charge in [0.1, 0.15) is 6.10 Å². The summed E-state index contributed by atoms with van der Waals surface area (Å²) >= 11 is 0. The summed E-state index contributed by atoms with van der Waals surface area (Å²) in [4.78, 5) is 13.9. The van der Waals surface area contributed by atoms with Gasteiger partial charge in [0.15, 0.2) is 5.78 Å². The SMILES string of the molecule is CC(C)(C)C(=O)C(O)CN1CCNCC1. The molecule has 1 aliphatic rings. The largest absolute Gasteiger partial charge is 0.384 e. The van der Waals surface area contributed by atoms with Crippen LogP contribution in [0.3, 0.4) is 0 Å². The molecule has 1 unspecified atom stereocenters. The normalized spacial score (nSPS) is 21.3. The Balaban J connectivity index is 2.40. The molecule has 4 nitrogen and oxygen atoms in total. The van der Waals surface area contributed by atoms with Crippen molar-refractivity contribution in [1.82, 2.24) is 10.2 Å². The molecule has 1 rings (SSSR count). The van der Waals surface area contributed by atoms with E-state index in [-0.39, 0.29) is 5.78 Å². The van der Waals surface area contributed by atoms with Gasteiger partial charge in [-0.1, -0.05) is 20.8 Å². The highest BCUT2D eigenvalue weighted by atomic mass is 16.3. The minimum atomic E-state index is -0.844. The maximum atomic E-state index is 11.7. The van der Waals surface area contributed by atoms with Crippen molar-refractivity contribution in [2.45, 2.75) is 26.9 Å². The van der Waals surface area contributed by atoms with Crippen molar-refractivity contribution < 1.29 is 9.90 Å². The summed E-state index contributed by atoms with van der Waals surface area (Å²) in [5.74, 6) is -0.0685. The zero-order valence-corrected chi connectivity index (χ0v) is 9.92. The third kappa shape index (κ3) is 3.89. The molecule has 1 saturated heterocycles. The first kappa shape index (κ1) is 12.6. The molecule has 0 aromatic carbocycles. The number of hydrogen-bond acceptors (Lipinski definition) is 4. The quantitative estimate of drug-likeness (QED) is 0.687. The second kappa shape index (κ2) is 5.05. The lowest BCUT2D eigenvalue weighted by molar-refractivity contribution is -0.135. The maximum absolute atomic E-state index is 11.7. The Morgan fingerprint density at radius 3 is 2.40 bits per heavy atom. The lowest BCUT2D eigenvalue weighted by Crippen LogP contribution is -2.49. The Kier molecular flexibility index (Phi) is 4.25. The number of aliphatic hydroxyl groups excluding tert-OH is 1. The molecule has 4 heteroatoms. The van der Waals surface area contributed by atoms with E-state index in [9.17, 15) is 9.90 Å². The van der Waals surface area contributed by atoms with Gasteiger partial charge in [-0.05, 0) is 0 Å². The topological polar surface area (TPSA) is 52.6 Å². The molecule has 0 aliphatic carbocycles. The second-order valence-corrected chi connectivity index (χ2v) is 5.18. The number of β-amino-alcohol motifs (C(OH)–C–C–N with tert-alkyl or cyclic N) is 1. The van der Waals surface area contributed by atoms with Gasteiger partial charge < -0.3 is 10.4 Å². The van der Waals surface area contributed by atoms with Crippen molar-refractivity contribution in [3.8, 4) is 0 Å². The Hall–Kier alpha value is -0.450. The summed E-state index contributed by atoms with van der Waals surface area (Å²) in [5, 5.41) is 13.0. The van der Waals surface area contributed by atoms with E-state index in [2.05, 4.69) is 10.2 Å². The van der Waals surface area contributed by atoms with Gasteiger partial charge in [0.25, 0.3) is 0 Å². The number of ketones is 1. The van der Waals surface area contributed by atoms with Gasteiger partial charge >= 0.3 is 0 Å². The highest BCUT2D eigenvalue weighted by Crippen LogP contribution is 2.17. The highest BCUT2D eigenvalue weighted by molar-refractivity contribution is 5.87. The average molecular weight is 214 g/mol. The van der Waals surface area contributed by atoms with E-state index >= 15 is 0 Å². The van der Waals surface area contributed by atoms with Gasteiger partial charge in [0.05, 0.1) is 0 Å². The van der Waals surface area contributed by atoms with Gasteiger partial charge in [-0.15, -0.1) is 0 Å². The first-order chi connectivity index (χ1) is 6.91. The molecular weight excluding hydrogens is 192 g/mol. The van der Waals surface area contributed by atoms with Crippen molar-refractivity contribution in [3.63, 3.8) is 0 Å². The predicted octanol–water partition coefficient (Wildman–Crippen LogP) is -0.132. The molecular formula is C11H22N2O2. The molecule has 0 aromatic rings. The fraction of sp³-hybridized carbons (Fsp3) is 0.909. The van der Waals surface area contributed by atoms with Crippen LogP contribution in [0.15, 0.2) is 0 Å². The van der Waals surface area contributed by atoms with E-state index in [0.29, 0.717) is 6.54 Å². The molecule has 0 aromatic heterocycles. The Morgan fingerprint density at radius 2 is 1.93 bits per heavy atom. The zero-order chi connectivity index (χ0) is 11.5. The van der Waals surface area contributed by atoms with Gasteiger partial charge in [-0.3, -0.25) is 9.69 Å². The monoisotopic (exact) mass is 214 g/mol. The number of rotatable bonds is 3. The number of carbonyl (C=O) groups is 1. The van der Waals surface area contributed by atoms with E-state index in [0.717, 1.165) is 26.2 Å². The number of nitrogens with one attached hydrogen (secondary N) is 1. The molecule has 0 spiro atoms. The van der Waals surface area contributed by atoms with Crippen molar-refractivity contribution in [2.24, 2.45) is 5.41 Å². The summed E-state index contributed by atoms with van der Waals surface area (Å²) in [5.41, 5.74) is -0.451. The van der Waals surface area contributed by atoms with Crippen LogP contribution in [0.5, 0.6) is 0 Å². The van der Waals surface area contributed by atoms with Crippen LogP contribution in [0.25, 0.3) is 0 Å². The summed E-state index contributed by atoms with van der Waals surface area (Å²) in [6.45, 7) is 9.70. The Morgan fingerprint density at radius 1 is 1.40 bits per heavy atom. The number of Topliss-reactive ketones (excluding diaryl/α,β-unsaturated/α-hetero) is 1. The summed E-state index contributed by atoms with van der Waals surface area (Å²) in [6.07, 6.45) is -0.844. The van der Waals surface area contributed by atoms with E-state index in [1.54, 1.807) is 0 Å². The first-order valence-corrected chi connectivity index (χ1v) is 5.57. The standard InChI is InChI=1S/C11H22N2O2/c1-11(2,3)10(15)9(14)8-13-6-4-12-5-7-13/h9,12,14H,4-8H2,1-3H3. The van der Waals surface area contributed by atoms with Crippen LogP contribution in [-0.2, 0) is 4.79 Å². The minimum Gasteiger partial charge on any atom is -0.384 e. The number of carbonyl (C=O) groups excluding carboxylic acids is 1. The third-order valence-corrected chi connectivity index (χ3v) is 2.68. The number of nitrogens with zero attached hydrogens (tertiary/aromatic N) is 1. The van der Waals surface area contributed by atoms with Crippen molar-refractivity contribution in [1.29, 1.82) is 0 Å². The van der Waals surface area contributed by atoms with Crippen LogP contribution in [0.4, 0.5) is 0 Å². The zero-order valence-electron chi connectivity index (χ0n) is 9.92. The first-order valence-electron chi connectivity index (χ1n) is 5.57. The molecule has 0 bridgehead atoms. The van der Waals surface area contributed by atoms with Gasteiger partial charge in [0.2, 0.25) is 0 Å². The van der Waals surface area contributed by atoms with Crippen LogP contribution in [-0.4, -0.2) is 54.6 Å². The van der Waals surface area contributed by atoms with Gasteiger partial charge in [0, 0.05) is 38.1 Å². The Bertz CT molecular complexity index is 217. The van der Waals surface area contributed by atoms with Crippen molar-refractivity contribution in [3.05, 3.63) is 0 Å². The lowest BCUT2D eigenvalue weighted by Gasteiger charge is -2.30. The molecule has 0 amide bonds. The molecule has 1 fully saturated rings. The highest BCUT2D eigenvalue weighted by Gasteiger charge is 2.29. The molecule has 1 aliphatic heterocycles. The summed E-state index contributed by atoms with van der Waals surface area (Å²) < 4.78 is 0. The molecule has 1 atom stereocenters. The van der Waals surface area contributed by atoms with Crippen LogP contribution in [0.1, 0.15) is 20.8 Å². The number of aliphatic hydroxyl groups is 1. The predicted molar refractivity (Wildman–Crippen MR) is 59.8 cm³/mol. The molecule has 15 heavy (non-hydrogen) atoms. The summed E-state index contributed by atoms with van der Waals surface area (Å²) in [6, 6.07) is 0. The molecule has 88 valence electrons. The fourth-order valence-corrected chi connectivity index (χ4v) is 1.72. The second-order valence-electron chi connectivity index (χ2n) is 5.18. The lowest BCUT2D eigenvalue weighted by atomic mass is 9.87. The maximum Gasteiger partial charge on any atom is 0.167 e. The molecule has 0 radical (unpaired) electrons. The van der Waals surface area contributed by atoms with Gasteiger partial charge in [-0.2, -0.15) is 0 Å².